The van der Waals surface area contributed by atoms with Gasteiger partial charge >= 0.3 is 0 Å². The predicted octanol–water partition coefficient (Wildman–Crippen LogP) is 2.15. The highest BCUT2D eigenvalue weighted by molar-refractivity contribution is 5.84. The Bertz CT molecular complexity index is 568. The molecule has 5 heteroatoms. The molecule has 0 spiro atoms. The molecule has 5 nitrogen and oxygen atoms in total. The maximum Gasteiger partial charge on any atom is 0.242 e. The first kappa shape index (κ1) is 15.5. The Balaban J connectivity index is 2.77. The first-order chi connectivity index (χ1) is 9.51. The van der Waals surface area contributed by atoms with Crippen LogP contribution >= 0.6 is 0 Å². The molecule has 0 radical (unpaired) electrons. The highest BCUT2D eigenvalue weighted by Gasteiger charge is 2.14. The van der Waals surface area contributed by atoms with Crippen LogP contribution in [0.15, 0.2) is 18.2 Å². The molecule has 0 aliphatic carbocycles. The molecule has 1 aromatic carbocycles. The van der Waals surface area contributed by atoms with Gasteiger partial charge in [0.25, 0.3) is 0 Å². The fourth-order valence-electron chi connectivity index (χ4n) is 1.61. The lowest BCUT2D eigenvalue weighted by Gasteiger charge is -2.18. The molecule has 0 fully saturated rings. The van der Waals surface area contributed by atoms with Crippen LogP contribution in [0.3, 0.4) is 0 Å². The van der Waals surface area contributed by atoms with Crippen molar-refractivity contribution in [3.8, 4) is 12.1 Å². The molecule has 1 aromatic rings. The Morgan fingerprint density at radius 1 is 1.25 bits per heavy atom. The Hall–Kier alpha value is -2.53. The fraction of sp³-hybridized carbons (Fsp3) is 0.400. The van der Waals surface area contributed by atoms with Gasteiger partial charge in [0.15, 0.2) is 0 Å². The van der Waals surface area contributed by atoms with E-state index in [1.54, 1.807) is 25.1 Å². The Labute approximate surface area is 119 Å². The minimum Gasteiger partial charge on any atom is -0.374 e. The van der Waals surface area contributed by atoms with E-state index >= 15 is 0 Å². The first-order valence-electron chi connectivity index (χ1n) is 6.53. The van der Waals surface area contributed by atoms with Crippen LogP contribution in [0.1, 0.15) is 38.3 Å². The number of nitriles is 2. The van der Waals surface area contributed by atoms with Crippen molar-refractivity contribution in [3.05, 3.63) is 29.3 Å². The number of nitrogens with zero attached hydrogens (tertiary/aromatic N) is 2. The summed E-state index contributed by atoms with van der Waals surface area (Å²) < 4.78 is 0. The smallest absolute Gasteiger partial charge is 0.242 e. The molecule has 0 saturated carbocycles. The monoisotopic (exact) mass is 270 g/mol. The van der Waals surface area contributed by atoms with Gasteiger partial charge in [-0.05, 0) is 38.5 Å². The minimum absolute atomic E-state index is 0.0952. The van der Waals surface area contributed by atoms with Crippen LogP contribution in [-0.4, -0.2) is 18.0 Å². The number of hydrogen-bond donors (Lipinski definition) is 2. The van der Waals surface area contributed by atoms with Crippen LogP contribution < -0.4 is 10.6 Å². The largest absolute Gasteiger partial charge is 0.374 e. The van der Waals surface area contributed by atoms with E-state index in [9.17, 15) is 4.79 Å². The number of carbonyl (C=O) groups is 1. The normalized spacial score (nSPS) is 12.7. The zero-order valence-electron chi connectivity index (χ0n) is 11.9. The van der Waals surface area contributed by atoms with Crippen molar-refractivity contribution >= 4 is 11.6 Å². The average molecular weight is 270 g/mol. The van der Waals surface area contributed by atoms with Gasteiger partial charge in [0.1, 0.15) is 18.2 Å². The van der Waals surface area contributed by atoms with E-state index in [0.717, 1.165) is 6.42 Å². The van der Waals surface area contributed by atoms with Crippen molar-refractivity contribution in [2.45, 2.75) is 39.3 Å². The zero-order valence-corrected chi connectivity index (χ0v) is 11.9. The third-order valence-corrected chi connectivity index (χ3v) is 3.04. The molecule has 2 unspecified atom stereocenters. The second kappa shape index (κ2) is 7.16. The third-order valence-electron chi connectivity index (χ3n) is 3.04. The van der Waals surface area contributed by atoms with Gasteiger partial charge in [0.2, 0.25) is 5.91 Å². The van der Waals surface area contributed by atoms with Crippen molar-refractivity contribution in [3.63, 3.8) is 0 Å². The number of benzene rings is 1. The zero-order chi connectivity index (χ0) is 15.1. The van der Waals surface area contributed by atoms with E-state index in [1.807, 2.05) is 26.0 Å². The number of carbonyl (C=O) groups excluding carboxylic acids is 1. The van der Waals surface area contributed by atoms with Gasteiger partial charge in [-0.1, -0.05) is 6.92 Å². The van der Waals surface area contributed by atoms with Gasteiger partial charge in [-0.2, -0.15) is 10.5 Å². The second-order valence-corrected chi connectivity index (χ2v) is 4.67. The summed E-state index contributed by atoms with van der Waals surface area (Å²) in [6, 6.07) is 8.47. The summed E-state index contributed by atoms with van der Waals surface area (Å²) in [5, 5.41) is 23.7. The van der Waals surface area contributed by atoms with Crippen LogP contribution in [-0.2, 0) is 4.79 Å². The third kappa shape index (κ3) is 4.00. The van der Waals surface area contributed by atoms with Crippen LogP contribution in [0, 0.1) is 22.7 Å². The van der Waals surface area contributed by atoms with E-state index in [-0.39, 0.29) is 11.9 Å². The lowest BCUT2D eigenvalue weighted by molar-refractivity contribution is -0.122. The van der Waals surface area contributed by atoms with Crippen molar-refractivity contribution in [1.29, 1.82) is 10.5 Å². The summed E-state index contributed by atoms with van der Waals surface area (Å²) in [5.41, 5.74) is 1.27. The minimum atomic E-state index is -0.413. The van der Waals surface area contributed by atoms with Crippen molar-refractivity contribution in [2.24, 2.45) is 0 Å². The number of hydrogen-bond acceptors (Lipinski definition) is 4. The van der Waals surface area contributed by atoms with Gasteiger partial charge < -0.3 is 10.6 Å². The maximum atomic E-state index is 11.9. The summed E-state index contributed by atoms with van der Waals surface area (Å²) in [7, 11) is 0. The highest BCUT2D eigenvalue weighted by Crippen LogP contribution is 2.15. The lowest BCUT2D eigenvalue weighted by Crippen LogP contribution is -2.41. The topological polar surface area (TPSA) is 88.7 Å². The fourth-order valence-corrected chi connectivity index (χ4v) is 1.61. The van der Waals surface area contributed by atoms with Crippen LogP contribution in [0.2, 0.25) is 0 Å². The molecule has 20 heavy (non-hydrogen) atoms. The molecule has 0 aromatic heterocycles. The SMILES string of the molecule is CCC(C)NC(=O)C(C)Nc1ccc(C#N)c(C#N)c1. The van der Waals surface area contributed by atoms with E-state index in [0.29, 0.717) is 16.8 Å². The molecule has 1 amide bonds. The lowest BCUT2D eigenvalue weighted by atomic mass is 10.1. The Kier molecular flexibility index (Phi) is 5.56. The van der Waals surface area contributed by atoms with Crippen LogP contribution in [0.4, 0.5) is 5.69 Å². The van der Waals surface area contributed by atoms with E-state index < -0.39 is 6.04 Å². The number of amides is 1. The summed E-state index contributed by atoms with van der Waals surface area (Å²) in [4.78, 5) is 11.9. The Morgan fingerprint density at radius 3 is 2.45 bits per heavy atom. The standard InChI is InChI=1S/C15H18N4O/c1-4-10(2)18-15(20)11(3)19-14-6-5-12(8-16)13(7-14)9-17/h5-7,10-11,19H,4H2,1-3H3,(H,18,20). The molecule has 0 aliphatic heterocycles. The van der Waals surface area contributed by atoms with Crippen LogP contribution in [0.25, 0.3) is 0 Å². The summed E-state index contributed by atoms with van der Waals surface area (Å²) in [6.45, 7) is 5.70. The molecule has 2 N–H and O–H groups in total. The molecular weight excluding hydrogens is 252 g/mol. The quantitative estimate of drug-likeness (QED) is 0.858. The first-order valence-corrected chi connectivity index (χ1v) is 6.53. The second-order valence-electron chi connectivity index (χ2n) is 4.67. The number of rotatable bonds is 5. The van der Waals surface area contributed by atoms with Crippen molar-refractivity contribution in [1.82, 2.24) is 5.32 Å². The molecule has 104 valence electrons. The van der Waals surface area contributed by atoms with Crippen molar-refractivity contribution < 1.29 is 4.79 Å². The predicted molar refractivity (Wildman–Crippen MR) is 76.9 cm³/mol. The van der Waals surface area contributed by atoms with Crippen LogP contribution in [0.5, 0.6) is 0 Å². The van der Waals surface area contributed by atoms with Crippen molar-refractivity contribution in [2.75, 3.05) is 5.32 Å². The van der Waals surface area contributed by atoms with E-state index in [1.165, 1.54) is 0 Å². The van der Waals surface area contributed by atoms with E-state index in [2.05, 4.69) is 10.6 Å². The Morgan fingerprint density at radius 2 is 1.90 bits per heavy atom. The van der Waals surface area contributed by atoms with Gasteiger partial charge in [0, 0.05) is 11.7 Å². The highest BCUT2D eigenvalue weighted by atomic mass is 16.2. The molecule has 0 heterocycles. The average Bonchev–Trinajstić information content (AvgIpc) is 2.46. The van der Waals surface area contributed by atoms with Gasteiger partial charge in [0.05, 0.1) is 11.1 Å². The number of anilines is 1. The van der Waals surface area contributed by atoms with Gasteiger partial charge in [-0.3, -0.25) is 4.79 Å². The summed E-state index contributed by atoms with van der Waals surface area (Å²) in [6.07, 6.45) is 0.869. The van der Waals surface area contributed by atoms with Gasteiger partial charge in [-0.25, -0.2) is 0 Å². The van der Waals surface area contributed by atoms with Gasteiger partial charge in [-0.15, -0.1) is 0 Å². The molecule has 0 saturated heterocycles. The number of nitrogens with one attached hydrogen (secondary N) is 2. The molecular formula is C15H18N4O. The van der Waals surface area contributed by atoms with E-state index in [4.69, 9.17) is 10.5 Å². The molecule has 0 bridgehead atoms. The summed E-state index contributed by atoms with van der Waals surface area (Å²) in [5.74, 6) is -0.0952. The molecule has 0 aliphatic rings. The maximum absolute atomic E-state index is 11.9. The molecule has 2 atom stereocenters. The summed E-state index contributed by atoms with van der Waals surface area (Å²) >= 11 is 0. The molecule has 1 rings (SSSR count).